The average Bonchev–Trinajstić information content (AvgIpc) is 2.50. The van der Waals surface area contributed by atoms with Gasteiger partial charge < -0.3 is 9.64 Å². The topological polar surface area (TPSA) is 46.6 Å². The minimum atomic E-state index is -0.314. The maximum Gasteiger partial charge on any atom is 0.307 e. The van der Waals surface area contributed by atoms with E-state index >= 15 is 0 Å². The van der Waals surface area contributed by atoms with E-state index in [0.717, 1.165) is 12.0 Å². The number of hydrogen-bond acceptors (Lipinski definition) is 3. The first-order chi connectivity index (χ1) is 10.1. The molecule has 0 aliphatic rings. The number of hydrogen-bond donors (Lipinski definition) is 0. The number of ether oxygens (including phenoxy) is 1. The zero-order chi connectivity index (χ0) is 15.7. The number of amides is 1. The monoisotopic (exact) mass is 309 g/mol. The molecule has 0 atom stereocenters. The highest BCUT2D eigenvalue weighted by molar-refractivity contribution is 6.30. The van der Waals surface area contributed by atoms with Crippen LogP contribution in [-0.2, 0) is 14.3 Å². The zero-order valence-corrected chi connectivity index (χ0v) is 13.1. The first-order valence-corrected chi connectivity index (χ1v) is 7.24. The molecule has 0 aromatic heterocycles. The van der Waals surface area contributed by atoms with E-state index < -0.39 is 0 Å². The van der Waals surface area contributed by atoms with E-state index in [2.05, 4.69) is 4.74 Å². The molecule has 0 aliphatic carbocycles. The van der Waals surface area contributed by atoms with E-state index in [1.807, 2.05) is 19.1 Å². The van der Waals surface area contributed by atoms with E-state index in [-0.39, 0.29) is 18.3 Å². The van der Waals surface area contributed by atoms with Gasteiger partial charge in [0, 0.05) is 24.2 Å². The van der Waals surface area contributed by atoms with Crippen molar-refractivity contribution in [3.05, 3.63) is 40.9 Å². The van der Waals surface area contributed by atoms with Gasteiger partial charge in [-0.05, 0) is 30.2 Å². The number of nitrogens with zero attached hydrogens (tertiary/aromatic N) is 1. The highest BCUT2D eigenvalue weighted by Gasteiger charge is 2.11. The van der Waals surface area contributed by atoms with E-state index in [4.69, 9.17) is 11.6 Å². The average molecular weight is 310 g/mol. The Morgan fingerprint density at radius 2 is 1.90 bits per heavy atom. The van der Waals surface area contributed by atoms with Crippen LogP contribution >= 0.6 is 11.6 Å². The van der Waals surface area contributed by atoms with Crippen LogP contribution in [0.1, 0.15) is 25.3 Å². The summed E-state index contributed by atoms with van der Waals surface area (Å²) < 4.78 is 4.59. The maximum atomic E-state index is 12.1. The number of esters is 1. The summed E-state index contributed by atoms with van der Waals surface area (Å²) in [6.07, 6.45) is 4.29. The third-order valence-corrected chi connectivity index (χ3v) is 3.16. The smallest absolute Gasteiger partial charge is 0.307 e. The Hall–Kier alpha value is -1.81. The van der Waals surface area contributed by atoms with Gasteiger partial charge in [-0.1, -0.05) is 30.7 Å². The molecule has 0 saturated carbocycles. The third kappa shape index (κ3) is 6.45. The Morgan fingerprint density at radius 1 is 1.24 bits per heavy atom. The number of methoxy groups -OCH3 is 1. The van der Waals surface area contributed by atoms with Crippen LogP contribution in [0.5, 0.6) is 0 Å². The van der Waals surface area contributed by atoms with Crippen LogP contribution in [0.4, 0.5) is 0 Å². The van der Waals surface area contributed by atoms with Crippen LogP contribution in [0.3, 0.4) is 0 Å². The fourth-order valence-corrected chi connectivity index (χ4v) is 1.90. The molecule has 0 aliphatic heterocycles. The van der Waals surface area contributed by atoms with Crippen LogP contribution in [0, 0.1) is 0 Å². The van der Waals surface area contributed by atoms with Crippen molar-refractivity contribution in [1.82, 2.24) is 4.90 Å². The van der Waals surface area contributed by atoms with Gasteiger partial charge in [0.05, 0.1) is 13.5 Å². The molecule has 0 radical (unpaired) electrons. The van der Waals surface area contributed by atoms with Crippen molar-refractivity contribution in [2.45, 2.75) is 19.8 Å². The van der Waals surface area contributed by atoms with E-state index in [1.165, 1.54) is 13.2 Å². The molecule has 1 aromatic carbocycles. The van der Waals surface area contributed by atoms with Gasteiger partial charge in [0.2, 0.25) is 5.91 Å². The molecule has 0 saturated heterocycles. The molecule has 21 heavy (non-hydrogen) atoms. The lowest BCUT2D eigenvalue weighted by Gasteiger charge is -2.19. The van der Waals surface area contributed by atoms with Crippen molar-refractivity contribution in [2.24, 2.45) is 0 Å². The van der Waals surface area contributed by atoms with Crippen molar-refractivity contribution in [3.8, 4) is 0 Å². The normalized spacial score (nSPS) is 10.6. The predicted octanol–water partition coefficient (Wildman–Crippen LogP) is 3.15. The van der Waals surface area contributed by atoms with Crippen LogP contribution in [0.25, 0.3) is 6.08 Å². The van der Waals surface area contributed by atoms with Gasteiger partial charge in [-0.2, -0.15) is 0 Å². The molecule has 0 heterocycles. The summed E-state index contributed by atoms with van der Waals surface area (Å²) in [5.41, 5.74) is 0.900. The zero-order valence-electron chi connectivity index (χ0n) is 12.3. The Bertz CT molecular complexity index is 497. The Balaban J connectivity index is 2.63. The number of halogens is 1. The van der Waals surface area contributed by atoms with Crippen molar-refractivity contribution in [1.29, 1.82) is 0 Å². The Morgan fingerprint density at radius 3 is 2.48 bits per heavy atom. The van der Waals surface area contributed by atoms with Crippen molar-refractivity contribution < 1.29 is 14.3 Å². The van der Waals surface area contributed by atoms with Gasteiger partial charge in [-0.15, -0.1) is 0 Å². The van der Waals surface area contributed by atoms with Crippen LogP contribution < -0.4 is 0 Å². The summed E-state index contributed by atoms with van der Waals surface area (Å²) >= 11 is 5.81. The van der Waals surface area contributed by atoms with Crippen molar-refractivity contribution >= 4 is 29.6 Å². The highest BCUT2D eigenvalue weighted by atomic mass is 35.5. The van der Waals surface area contributed by atoms with Gasteiger partial charge in [0.1, 0.15) is 0 Å². The molecule has 1 rings (SSSR count). The van der Waals surface area contributed by atoms with Gasteiger partial charge in [0.15, 0.2) is 0 Å². The largest absolute Gasteiger partial charge is 0.469 e. The van der Waals surface area contributed by atoms with Crippen LogP contribution in [0.2, 0.25) is 5.02 Å². The fraction of sp³-hybridized carbons (Fsp3) is 0.375. The van der Waals surface area contributed by atoms with E-state index in [0.29, 0.717) is 18.1 Å². The predicted molar refractivity (Wildman–Crippen MR) is 84.0 cm³/mol. The lowest BCUT2D eigenvalue weighted by Crippen LogP contribution is -2.32. The second kappa shape index (κ2) is 9.19. The molecular weight excluding hydrogens is 290 g/mol. The van der Waals surface area contributed by atoms with Gasteiger partial charge in [-0.3, -0.25) is 9.59 Å². The molecule has 1 amide bonds. The van der Waals surface area contributed by atoms with E-state index in [1.54, 1.807) is 23.1 Å². The quantitative estimate of drug-likeness (QED) is 0.574. The SMILES string of the molecule is CCCN(CCC(=O)OC)C(=O)/C=C/c1ccc(Cl)cc1. The molecule has 0 N–H and O–H groups in total. The first-order valence-electron chi connectivity index (χ1n) is 6.86. The molecular formula is C16H20ClNO3. The minimum absolute atomic E-state index is 0.115. The molecule has 5 heteroatoms. The third-order valence-electron chi connectivity index (χ3n) is 2.91. The van der Waals surface area contributed by atoms with Crippen LogP contribution in [0.15, 0.2) is 30.3 Å². The number of carbonyl (C=O) groups excluding carboxylic acids is 2. The molecule has 0 bridgehead atoms. The molecule has 0 spiro atoms. The minimum Gasteiger partial charge on any atom is -0.469 e. The molecule has 114 valence electrons. The standard InChI is InChI=1S/C16H20ClNO3/c1-3-11-18(12-10-16(20)21-2)15(19)9-6-13-4-7-14(17)8-5-13/h4-9H,3,10-12H2,1-2H3/b9-6+. The fourth-order valence-electron chi connectivity index (χ4n) is 1.78. The molecule has 0 unspecified atom stereocenters. The van der Waals surface area contributed by atoms with Crippen molar-refractivity contribution in [3.63, 3.8) is 0 Å². The number of carbonyl (C=O) groups is 2. The molecule has 4 nitrogen and oxygen atoms in total. The summed E-state index contributed by atoms with van der Waals surface area (Å²) in [5, 5.41) is 0.657. The van der Waals surface area contributed by atoms with Gasteiger partial charge in [-0.25, -0.2) is 0 Å². The lowest BCUT2D eigenvalue weighted by molar-refractivity contribution is -0.141. The number of rotatable bonds is 7. The van der Waals surface area contributed by atoms with Crippen LogP contribution in [-0.4, -0.2) is 37.0 Å². The second-order valence-electron chi connectivity index (χ2n) is 4.54. The summed E-state index contributed by atoms with van der Waals surface area (Å²) in [6.45, 7) is 2.96. The Kier molecular flexibility index (Phi) is 7.54. The first kappa shape index (κ1) is 17.2. The van der Waals surface area contributed by atoms with E-state index in [9.17, 15) is 9.59 Å². The number of benzene rings is 1. The van der Waals surface area contributed by atoms with Gasteiger partial charge >= 0.3 is 5.97 Å². The summed E-state index contributed by atoms with van der Waals surface area (Å²) in [6, 6.07) is 7.22. The van der Waals surface area contributed by atoms with Crippen molar-refractivity contribution in [2.75, 3.05) is 20.2 Å². The second-order valence-corrected chi connectivity index (χ2v) is 4.97. The lowest BCUT2D eigenvalue weighted by atomic mass is 10.2. The Labute approximate surface area is 130 Å². The molecule has 0 fully saturated rings. The summed E-state index contributed by atoms with van der Waals surface area (Å²) in [7, 11) is 1.34. The summed E-state index contributed by atoms with van der Waals surface area (Å²) in [5.74, 6) is -0.429. The maximum absolute atomic E-state index is 12.1. The summed E-state index contributed by atoms with van der Waals surface area (Å²) in [4.78, 5) is 24.9. The highest BCUT2D eigenvalue weighted by Crippen LogP contribution is 2.11. The van der Waals surface area contributed by atoms with Gasteiger partial charge in [0.25, 0.3) is 0 Å². The molecule has 1 aromatic rings.